The molecule has 24 heavy (non-hydrogen) atoms. The Labute approximate surface area is 144 Å². The van der Waals surface area contributed by atoms with Gasteiger partial charge in [0.25, 0.3) is 0 Å². The van der Waals surface area contributed by atoms with Gasteiger partial charge in [0.2, 0.25) is 0 Å². The number of thiazole rings is 1. The molecule has 0 fully saturated rings. The molecule has 0 aliphatic heterocycles. The highest BCUT2D eigenvalue weighted by Crippen LogP contribution is 2.35. The summed E-state index contributed by atoms with van der Waals surface area (Å²) < 4.78 is 6.01. The molecule has 0 saturated carbocycles. The van der Waals surface area contributed by atoms with Gasteiger partial charge in [0.15, 0.2) is 11.6 Å². The van der Waals surface area contributed by atoms with Crippen LogP contribution in [0.5, 0.6) is 11.5 Å². The van der Waals surface area contributed by atoms with E-state index in [1.54, 1.807) is 24.5 Å². The number of aryl methyl sites for hydroxylation is 2. The van der Waals surface area contributed by atoms with Crippen LogP contribution in [-0.2, 0) is 0 Å². The van der Waals surface area contributed by atoms with E-state index in [-0.39, 0.29) is 5.92 Å². The van der Waals surface area contributed by atoms with Crippen LogP contribution in [0.4, 0.5) is 5.82 Å². The summed E-state index contributed by atoms with van der Waals surface area (Å²) in [6.45, 7) is 7.98. The number of hydrogen-bond acceptors (Lipinski definition) is 7. The van der Waals surface area contributed by atoms with Crippen LogP contribution in [0.25, 0.3) is 10.7 Å². The molecule has 0 spiro atoms. The van der Waals surface area contributed by atoms with Gasteiger partial charge < -0.3 is 10.5 Å². The highest BCUT2D eigenvalue weighted by molar-refractivity contribution is 7.14. The van der Waals surface area contributed by atoms with E-state index in [1.807, 2.05) is 25.4 Å². The van der Waals surface area contributed by atoms with Gasteiger partial charge in [0, 0.05) is 28.9 Å². The average molecular weight is 341 g/mol. The first-order valence-corrected chi connectivity index (χ1v) is 8.45. The van der Waals surface area contributed by atoms with Gasteiger partial charge in [0.1, 0.15) is 22.3 Å². The smallest absolute Gasteiger partial charge is 0.187 e. The molecule has 3 aromatic heterocycles. The van der Waals surface area contributed by atoms with Gasteiger partial charge in [-0.25, -0.2) is 15.0 Å². The standard InChI is InChI=1S/C17H19N5OS/c1-9(2)12-7-20-13(17-21-6-10(3)24-17)5-14(12)23-15-8-19-11(4)22-16(15)18/h5-9H,1-4H3,(H2,18,19,22). The molecule has 6 nitrogen and oxygen atoms in total. The zero-order valence-corrected chi connectivity index (χ0v) is 14.9. The second kappa shape index (κ2) is 6.52. The van der Waals surface area contributed by atoms with Crippen molar-refractivity contribution in [1.82, 2.24) is 19.9 Å². The SMILES string of the molecule is Cc1ncc(Oc2cc(-c3ncc(C)s3)ncc2C(C)C)c(N)n1. The van der Waals surface area contributed by atoms with Gasteiger partial charge in [0.05, 0.1) is 6.20 Å². The number of nitrogens with zero attached hydrogens (tertiary/aromatic N) is 4. The van der Waals surface area contributed by atoms with Crippen molar-refractivity contribution in [2.75, 3.05) is 5.73 Å². The molecule has 124 valence electrons. The summed E-state index contributed by atoms with van der Waals surface area (Å²) in [5.74, 6) is 2.32. The van der Waals surface area contributed by atoms with Gasteiger partial charge in [-0.1, -0.05) is 13.8 Å². The largest absolute Gasteiger partial charge is 0.451 e. The van der Waals surface area contributed by atoms with Crippen LogP contribution < -0.4 is 10.5 Å². The molecule has 0 bridgehead atoms. The quantitative estimate of drug-likeness (QED) is 0.768. The minimum atomic E-state index is 0.257. The number of nitrogens with two attached hydrogens (primary N) is 1. The first-order valence-electron chi connectivity index (χ1n) is 7.63. The maximum Gasteiger partial charge on any atom is 0.187 e. The number of aromatic nitrogens is 4. The fourth-order valence-electron chi connectivity index (χ4n) is 2.23. The summed E-state index contributed by atoms with van der Waals surface area (Å²) >= 11 is 1.60. The Bertz CT molecular complexity index is 875. The number of hydrogen-bond donors (Lipinski definition) is 1. The molecular formula is C17H19N5OS. The van der Waals surface area contributed by atoms with E-state index >= 15 is 0 Å². The van der Waals surface area contributed by atoms with Crippen molar-refractivity contribution in [2.45, 2.75) is 33.6 Å². The third-order valence-electron chi connectivity index (χ3n) is 3.48. The minimum Gasteiger partial charge on any atom is -0.451 e. The van der Waals surface area contributed by atoms with E-state index in [0.717, 1.165) is 21.1 Å². The lowest BCUT2D eigenvalue weighted by Crippen LogP contribution is -2.02. The zero-order valence-electron chi connectivity index (χ0n) is 14.1. The fraction of sp³-hybridized carbons (Fsp3) is 0.294. The first-order chi connectivity index (χ1) is 11.4. The van der Waals surface area contributed by atoms with Crippen LogP contribution in [0.1, 0.15) is 36.0 Å². The lowest BCUT2D eigenvalue weighted by atomic mass is 10.0. The topological polar surface area (TPSA) is 86.8 Å². The van der Waals surface area contributed by atoms with Crippen molar-refractivity contribution in [1.29, 1.82) is 0 Å². The molecule has 0 unspecified atom stereocenters. The number of pyridine rings is 1. The van der Waals surface area contributed by atoms with Crippen LogP contribution in [0, 0.1) is 13.8 Å². The Morgan fingerprint density at radius 2 is 1.83 bits per heavy atom. The molecule has 0 atom stereocenters. The third kappa shape index (κ3) is 3.35. The summed E-state index contributed by atoms with van der Waals surface area (Å²) in [6.07, 6.45) is 5.26. The van der Waals surface area contributed by atoms with E-state index in [1.165, 1.54) is 0 Å². The van der Waals surface area contributed by atoms with E-state index in [9.17, 15) is 0 Å². The molecule has 0 saturated heterocycles. The molecule has 7 heteroatoms. The molecule has 0 aliphatic rings. The summed E-state index contributed by atoms with van der Waals surface area (Å²) in [5, 5.41) is 0.862. The second-order valence-corrected chi connectivity index (χ2v) is 7.04. The van der Waals surface area contributed by atoms with Crippen LogP contribution in [0.2, 0.25) is 0 Å². The predicted octanol–water partition coefficient (Wildman–Crippen LogP) is 4.11. The number of anilines is 1. The lowest BCUT2D eigenvalue weighted by Gasteiger charge is -2.15. The van der Waals surface area contributed by atoms with Gasteiger partial charge in [-0.15, -0.1) is 11.3 Å². The molecular weight excluding hydrogens is 322 g/mol. The Kier molecular flexibility index (Phi) is 4.44. The van der Waals surface area contributed by atoms with E-state index in [2.05, 4.69) is 33.8 Å². The summed E-state index contributed by atoms with van der Waals surface area (Å²) in [5.41, 5.74) is 7.72. The van der Waals surface area contributed by atoms with E-state index in [0.29, 0.717) is 23.1 Å². The second-order valence-electron chi connectivity index (χ2n) is 5.81. The van der Waals surface area contributed by atoms with Gasteiger partial charge in [-0.2, -0.15) is 0 Å². The van der Waals surface area contributed by atoms with Gasteiger partial charge >= 0.3 is 0 Å². The van der Waals surface area contributed by atoms with E-state index in [4.69, 9.17) is 10.5 Å². The van der Waals surface area contributed by atoms with Crippen molar-refractivity contribution in [3.05, 3.63) is 40.9 Å². The number of rotatable bonds is 4. The number of ether oxygens (including phenoxy) is 1. The monoisotopic (exact) mass is 341 g/mol. The zero-order chi connectivity index (χ0) is 17.3. The summed E-state index contributed by atoms with van der Waals surface area (Å²) in [4.78, 5) is 18.4. The normalized spacial score (nSPS) is 11.0. The third-order valence-corrected chi connectivity index (χ3v) is 4.42. The van der Waals surface area contributed by atoms with Crippen molar-refractivity contribution in [2.24, 2.45) is 0 Å². The van der Waals surface area contributed by atoms with Crippen molar-refractivity contribution in [3.63, 3.8) is 0 Å². The molecule has 0 aromatic carbocycles. The van der Waals surface area contributed by atoms with Gasteiger partial charge in [-0.05, 0) is 19.8 Å². The minimum absolute atomic E-state index is 0.257. The fourth-order valence-corrected chi connectivity index (χ4v) is 2.97. The molecule has 0 aliphatic carbocycles. The molecule has 0 radical (unpaired) electrons. The Hall–Kier alpha value is -2.54. The van der Waals surface area contributed by atoms with Gasteiger partial charge in [-0.3, -0.25) is 4.98 Å². The Morgan fingerprint density at radius 1 is 1.04 bits per heavy atom. The molecule has 0 amide bonds. The summed E-state index contributed by atoms with van der Waals surface area (Å²) in [7, 11) is 0. The summed E-state index contributed by atoms with van der Waals surface area (Å²) in [6, 6.07) is 1.90. The molecule has 3 rings (SSSR count). The van der Waals surface area contributed by atoms with Crippen molar-refractivity contribution < 1.29 is 4.74 Å². The first kappa shape index (κ1) is 16.3. The van der Waals surface area contributed by atoms with Crippen LogP contribution >= 0.6 is 11.3 Å². The highest BCUT2D eigenvalue weighted by Gasteiger charge is 2.15. The maximum atomic E-state index is 6.01. The highest BCUT2D eigenvalue weighted by atomic mass is 32.1. The van der Waals surface area contributed by atoms with E-state index < -0.39 is 0 Å². The van der Waals surface area contributed by atoms with Crippen LogP contribution in [-0.4, -0.2) is 19.9 Å². The van der Waals surface area contributed by atoms with Crippen LogP contribution in [0.3, 0.4) is 0 Å². The average Bonchev–Trinajstić information content (AvgIpc) is 2.96. The molecule has 3 heterocycles. The molecule has 3 aromatic rings. The predicted molar refractivity (Wildman–Crippen MR) is 95.4 cm³/mol. The maximum absolute atomic E-state index is 6.01. The number of nitrogen functional groups attached to an aromatic ring is 1. The van der Waals surface area contributed by atoms with Crippen molar-refractivity contribution in [3.8, 4) is 22.2 Å². The lowest BCUT2D eigenvalue weighted by molar-refractivity contribution is 0.469. The molecule has 2 N–H and O–H groups in total. The Morgan fingerprint density at radius 3 is 2.46 bits per heavy atom. The van der Waals surface area contributed by atoms with Crippen LogP contribution in [0.15, 0.2) is 24.7 Å². The van der Waals surface area contributed by atoms with Crippen molar-refractivity contribution >= 4 is 17.2 Å². The Balaban J connectivity index is 2.03.